The zero-order valence-electron chi connectivity index (χ0n) is 12.7. The Hall–Kier alpha value is -0.120. The molecule has 3 atom stereocenters. The maximum absolute atomic E-state index is 5.96. The van der Waals surface area contributed by atoms with Gasteiger partial charge in [0.2, 0.25) is 0 Å². The molecule has 0 saturated carbocycles. The highest BCUT2D eigenvalue weighted by molar-refractivity contribution is 4.94. The minimum absolute atomic E-state index is 0.503. The molecular formula is C16H30N2O. The standard InChI is InChI=1S/C16H30N2O/c1-13(2)16-12-17-8-5-6-14(17)10-18(16)11-15-7-3-4-9-19-15/h13-16H,3-12H2,1-2H3. The van der Waals surface area contributed by atoms with E-state index in [0.717, 1.165) is 24.6 Å². The highest BCUT2D eigenvalue weighted by atomic mass is 16.5. The maximum atomic E-state index is 5.96. The smallest absolute Gasteiger partial charge is 0.0702 e. The van der Waals surface area contributed by atoms with Gasteiger partial charge in [-0.05, 0) is 44.6 Å². The van der Waals surface area contributed by atoms with Crippen molar-refractivity contribution >= 4 is 0 Å². The predicted octanol–water partition coefficient (Wildman–Crippen LogP) is 2.36. The van der Waals surface area contributed by atoms with E-state index in [1.165, 1.54) is 58.3 Å². The molecule has 0 radical (unpaired) electrons. The lowest BCUT2D eigenvalue weighted by Gasteiger charge is -2.46. The van der Waals surface area contributed by atoms with Gasteiger partial charge < -0.3 is 4.74 Å². The first-order valence-corrected chi connectivity index (χ1v) is 8.33. The molecule has 3 aliphatic rings. The number of hydrogen-bond acceptors (Lipinski definition) is 3. The highest BCUT2D eigenvalue weighted by Gasteiger charge is 2.38. The van der Waals surface area contributed by atoms with Gasteiger partial charge in [0, 0.05) is 38.3 Å². The topological polar surface area (TPSA) is 15.7 Å². The molecule has 0 spiro atoms. The number of rotatable bonds is 3. The van der Waals surface area contributed by atoms with Crippen molar-refractivity contribution in [3.8, 4) is 0 Å². The van der Waals surface area contributed by atoms with E-state index in [1.54, 1.807) is 0 Å². The van der Waals surface area contributed by atoms with Crippen LogP contribution in [0.1, 0.15) is 46.0 Å². The largest absolute Gasteiger partial charge is 0.377 e. The Morgan fingerprint density at radius 3 is 2.74 bits per heavy atom. The molecule has 0 aliphatic carbocycles. The third kappa shape index (κ3) is 3.14. The summed E-state index contributed by atoms with van der Waals surface area (Å²) < 4.78 is 5.96. The Balaban J connectivity index is 1.62. The van der Waals surface area contributed by atoms with Crippen LogP contribution in [0.3, 0.4) is 0 Å². The summed E-state index contributed by atoms with van der Waals surface area (Å²) in [5.41, 5.74) is 0. The molecule has 0 amide bonds. The Morgan fingerprint density at radius 2 is 2.00 bits per heavy atom. The number of hydrogen-bond donors (Lipinski definition) is 0. The summed E-state index contributed by atoms with van der Waals surface area (Å²) in [6, 6.07) is 1.57. The minimum atomic E-state index is 0.503. The monoisotopic (exact) mass is 266 g/mol. The second-order valence-corrected chi connectivity index (χ2v) is 7.04. The van der Waals surface area contributed by atoms with Crippen molar-refractivity contribution in [2.75, 3.05) is 32.8 Å². The molecule has 3 saturated heterocycles. The van der Waals surface area contributed by atoms with E-state index in [4.69, 9.17) is 4.74 Å². The molecule has 3 heteroatoms. The quantitative estimate of drug-likeness (QED) is 0.780. The number of fused-ring (bicyclic) bond motifs is 1. The van der Waals surface area contributed by atoms with E-state index in [2.05, 4.69) is 23.6 Å². The zero-order valence-corrected chi connectivity index (χ0v) is 12.7. The second kappa shape index (κ2) is 6.11. The van der Waals surface area contributed by atoms with E-state index >= 15 is 0 Å². The third-order valence-electron chi connectivity index (χ3n) is 5.32. The van der Waals surface area contributed by atoms with E-state index in [-0.39, 0.29) is 0 Å². The highest BCUT2D eigenvalue weighted by Crippen LogP contribution is 2.28. The first kappa shape index (κ1) is 13.8. The number of ether oxygens (including phenoxy) is 1. The molecule has 110 valence electrons. The van der Waals surface area contributed by atoms with Crippen molar-refractivity contribution in [3.05, 3.63) is 0 Å². The molecule has 3 nitrogen and oxygen atoms in total. The lowest BCUT2D eigenvalue weighted by Crippen LogP contribution is -2.59. The molecule has 3 aliphatic heterocycles. The van der Waals surface area contributed by atoms with Gasteiger partial charge in [0.1, 0.15) is 0 Å². The average molecular weight is 266 g/mol. The normalized spacial score (nSPS) is 37.7. The Morgan fingerprint density at radius 1 is 1.11 bits per heavy atom. The predicted molar refractivity (Wildman–Crippen MR) is 78.4 cm³/mol. The Bertz CT molecular complexity index is 288. The second-order valence-electron chi connectivity index (χ2n) is 7.04. The summed E-state index contributed by atoms with van der Waals surface area (Å²) in [6.45, 7) is 10.8. The van der Waals surface area contributed by atoms with Crippen LogP contribution in [0.2, 0.25) is 0 Å². The molecule has 3 fully saturated rings. The van der Waals surface area contributed by atoms with E-state index in [0.29, 0.717) is 6.10 Å². The molecule has 3 heterocycles. The van der Waals surface area contributed by atoms with Crippen molar-refractivity contribution in [3.63, 3.8) is 0 Å². The van der Waals surface area contributed by atoms with Crippen molar-refractivity contribution in [2.24, 2.45) is 5.92 Å². The van der Waals surface area contributed by atoms with Crippen molar-refractivity contribution in [1.29, 1.82) is 0 Å². The fourth-order valence-corrected chi connectivity index (χ4v) is 4.16. The van der Waals surface area contributed by atoms with Crippen LogP contribution in [0.25, 0.3) is 0 Å². The molecule has 0 aromatic heterocycles. The Labute approximate surface area is 118 Å². The summed E-state index contributed by atoms with van der Waals surface area (Å²) in [6.07, 6.45) is 7.22. The van der Waals surface area contributed by atoms with Crippen LogP contribution >= 0.6 is 0 Å². The van der Waals surface area contributed by atoms with Crippen LogP contribution in [0.5, 0.6) is 0 Å². The first-order valence-electron chi connectivity index (χ1n) is 8.33. The van der Waals surface area contributed by atoms with Crippen molar-refractivity contribution in [1.82, 2.24) is 9.80 Å². The molecule has 0 N–H and O–H groups in total. The molecule has 0 bridgehead atoms. The summed E-state index contributed by atoms with van der Waals surface area (Å²) >= 11 is 0. The Kier molecular flexibility index (Phi) is 4.45. The SMILES string of the molecule is CC(C)C1CN2CCCC2CN1CC1CCCCO1. The molecule has 3 unspecified atom stereocenters. The van der Waals surface area contributed by atoms with Gasteiger partial charge >= 0.3 is 0 Å². The summed E-state index contributed by atoms with van der Waals surface area (Å²) in [5, 5.41) is 0. The van der Waals surface area contributed by atoms with Crippen LogP contribution in [-0.4, -0.2) is 60.8 Å². The molecule has 0 aromatic carbocycles. The van der Waals surface area contributed by atoms with Crippen LogP contribution in [-0.2, 0) is 4.74 Å². The molecule has 0 aromatic rings. The van der Waals surface area contributed by atoms with E-state index in [1.807, 2.05) is 0 Å². The zero-order chi connectivity index (χ0) is 13.2. The van der Waals surface area contributed by atoms with Crippen molar-refractivity contribution in [2.45, 2.75) is 64.1 Å². The summed E-state index contributed by atoms with van der Waals surface area (Å²) in [4.78, 5) is 5.50. The van der Waals surface area contributed by atoms with Gasteiger partial charge in [0.15, 0.2) is 0 Å². The molecule has 19 heavy (non-hydrogen) atoms. The van der Waals surface area contributed by atoms with Gasteiger partial charge in [-0.2, -0.15) is 0 Å². The van der Waals surface area contributed by atoms with Crippen LogP contribution < -0.4 is 0 Å². The number of piperazine rings is 1. The molecular weight excluding hydrogens is 236 g/mol. The first-order chi connectivity index (χ1) is 9.24. The van der Waals surface area contributed by atoms with Gasteiger partial charge in [-0.25, -0.2) is 0 Å². The summed E-state index contributed by atoms with van der Waals surface area (Å²) in [7, 11) is 0. The minimum Gasteiger partial charge on any atom is -0.377 e. The fourth-order valence-electron chi connectivity index (χ4n) is 4.16. The van der Waals surface area contributed by atoms with E-state index < -0.39 is 0 Å². The van der Waals surface area contributed by atoms with Gasteiger partial charge in [-0.3, -0.25) is 9.80 Å². The fraction of sp³-hybridized carbons (Fsp3) is 1.00. The van der Waals surface area contributed by atoms with E-state index in [9.17, 15) is 0 Å². The van der Waals surface area contributed by atoms with Gasteiger partial charge in [0.25, 0.3) is 0 Å². The van der Waals surface area contributed by atoms with Crippen molar-refractivity contribution < 1.29 is 4.74 Å². The third-order valence-corrected chi connectivity index (χ3v) is 5.32. The van der Waals surface area contributed by atoms with Gasteiger partial charge in [0.05, 0.1) is 6.10 Å². The van der Waals surface area contributed by atoms with Gasteiger partial charge in [-0.15, -0.1) is 0 Å². The molecule has 3 rings (SSSR count). The van der Waals surface area contributed by atoms with Crippen LogP contribution in [0, 0.1) is 5.92 Å². The lowest BCUT2D eigenvalue weighted by molar-refractivity contribution is -0.0429. The number of nitrogens with zero attached hydrogens (tertiary/aromatic N) is 2. The summed E-state index contributed by atoms with van der Waals surface area (Å²) in [5.74, 6) is 0.755. The van der Waals surface area contributed by atoms with Crippen LogP contribution in [0.4, 0.5) is 0 Å². The lowest BCUT2D eigenvalue weighted by atomic mass is 9.96. The van der Waals surface area contributed by atoms with Gasteiger partial charge in [-0.1, -0.05) is 13.8 Å². The van der Waals surface area contributed by atoms with Crippen LogP contribution in [0.15, 0.2) is 0 Å². The maximum Gasteiger partial charge on any atom is 0.0702 e. The average Bonchev–Trinajstić information content (AvgIpc) is 2.86.